The molecule has 1 fully saturated rings. The predicted molar refractivity (Wildman–Crippen MR) is 120 cm³/mol. The Kier molecular flexibility index (Phi) is 6.01. The summed E-state index contributed by atoms with van der Waals surface area (Å²) in [6.07, 6.45) is 1.88. The van der Waals surface area contributed by atoms with Gasteiger partial charge in [-0.05, 0) is 73.4 Å². The molecule has 1 aliphatic carbocycles. The lowest BCUT2D eigenvalue weighted by Crippen LogP contribution is -2.12. The van der Waals surface area contributed by atoms with Crippen molar-refractivity contribution in [3.05, 3.63) is 76.2 Å². The monoisotopic (exact) mass is 431 g/mol. The molecule has 2 N–H and O–H groups in total. The van der Waals surface area contributed by atoms with Gasteiger partial charge in [-0.3, -0.25) is 9.59 Å². The van der Waals surface area contributed by atoms with Crippen LogP contribution in [-0.2, 0) is 11.4 Å². The van der Waals surface area contributed by atoms with E-state index in [1.54, 1.807) is 36.4 Å². The molecule has 2 amide bonds. The number of benzene rings is 2. The van der Waals surface area contributed by atoms with Crippen molar-refractivity contribution < 1.29 is 14.3 Å². The third-order valence-electron chi connectivity index (χ3n) is 4.93. The first-order valence-electron chi connectivity index (χ1n) is 9.96. The number of thiophene rings is 1. The van der Waals surface area contributed by atoms with E-state index in [1.165, 1.54) is 11.3 Å². The molecule has 3 aromatic rings. The SMILES string of the molecule is Cc1cc(OCc2cccc(C#N)c2)ccc1NC(=O)c1ccc(NC(=O)C2CC2)s1. The Bertz CT molecular complexity index is 1170. The maximum atomic E-state index is 12.6. The molecule has 1 saturated carbocycles. The number of nitrogens with zero attached hydrogens (tertiary/aromatic N) is 1. The summed E-state index contributed by atoms with van der Waals surface area (Å²) in [7, 11) is 0. The molecule has 1 heterocycles. The van der Waals surface area contributed by atoms with Crippen LogP contribution in [0.4, 0.5) is 10.7 Å². The molecule has 4 rings (SSSR count). The van der Waals surface area contributed by atoms with Crippen LogP contribution in [0.3, 0.4) is 0 Å². The van der Waals surface area contributed by atoms with Gasteiger partial charge in [0.05, 0.1) is 21.5 Å². The number of rotatable bonds is 7. The van der Waals surface area contributed by atoms with Gasteiger partial charge in [-0.2, -0.15) is 5.26 Å². The Hall–Kier alpha value is -3.63. The second-order valence-corrected chi connectivity index (χ2v) is 8.54. The summed E-state index contributed by atoms with van der Waals surface area (Å²) in [4.78, 5) is 25.0. The van der Waals surface area contributed by atoms with Gasteiger partial charge in [0.1, 0.15) is 12.4 Å². The summed E-state index contributed by atoms with van der Waals surface area (Å²) in [6, 6.07) is 18.3. The minimum Gasteiger partial charge on any atom is -0.489 e. The molecular formula is C24H21N3O3S. The van der Waals surface area contributed by atoms with Gasteiger partial charge in [0.15, 0.2) is 0 Å². The number of nitrogens with one attached hydrogen (secondary N) is 2. The highest BCUT2D eigenvalue weighted by molar-refractivity contribution is 7.18. The van der Waals surface area contributed by atoms with Crippen LogP contribution in [0.1, 0.15) is 39.2 Å². The van der Waals surface area contributed by atoms with Crippen LogP contribution in [0.5, 0.6) is 5.75 Å². The van der Waals surface area contributed by atoms with Gasteiger partial charge in [0, 0.05) is 11.6 Å². The Morgan fingerprint density at radius 3 is 2.71 bits per heavy atom. The number of aryl methyl sites for hydroxylation is 1. The third kappa shape index (κ3) is 5.30. The van der Waals surface area contributed by atoms with Gasteiger partial charge in [0.25, 0.3) is 5.91 Å². The normalized spacial score (nSPS) is 12.6. The summed E-state index contributed by atoms with van der Waals surface area (Å²) in [5, 5.41) is 15.4. The highest BCUT2D eigenvalue weighted by atomic mass is 32.1. The largest absolute Gasteiger partial charge is 0.489 e. The second kappa shape index (κ2) is 9.02. The summed E-state index contributed by atoms with van der Waals surface area (Å²) in [5.74, 6) is 0.610. The number of carbonyl (C=O) groups is 2. The van der Waals surface area contributed by atoms with E-state index in [0.717, 1.165) is 24.0 Å². The number of hydrogen-bond acceptors (Lipinski definition) is 5. The Balaban J connectivity index is 1.35. The van der Waals surface area contributed by atoms with Crippen molar-refractivity contribution in [2.24, 2.45) is 5.92 Å². The Morgan fingerprint density at radius 2 is 1.97 bits per heavy atom. The first kappa shape index (κ1) is 20.6. The first-order chi connectivity index (χ1) is 15.0. The fraction of sp³-hybridized carbons (Fsp3) is 0.208. The minimum atomic E-state index is -0.220. The zero-order chi connectivity index (χ0) is 21.8. The van der Waals surface area contributed by atoms with Crippen LogP contribution in [0, 0.1) is 24.2 Å². The van der Waals surface area contributed by atoms with E-state index in [2.05, 4.69) is 16.7 Å². The van der Waals surface area contributed by atoms with Gasteiger partial charge >= 0.3 is 0 Å². The number of anilines is 2. The molecule has 0 unspecified atom stereocenters. The zero-order valence-electron chi connectivity index (χ0n) is 17.0. The van der Waals surface area contributed by atoms with Crippen LogP contribution >= 0.6 is 11.3 Å². The van der Waals surface area contributed by atoms with Crippen LogP contribution in [0.25, 0.3) is 0 Å². The van der Waals surface area contributed by atoms with Crippen molar-refractivity contribution in [3.63, 3.8) is 0 Å². The van der Waals surface area contributed by atoms with Crippen molar-refractivity contribution >= 4 is 33.8 Å². The number of carbonyl (C=O) groups excluding carboxylic acids is 2. The Labute approximate surface area is 184 Å². The molecule has 31 heavy (non-hydrogen) atoms. The molecule has 2 aromatic carbocycles. The highest BCUT2D eigenvalue weighted by Gasteiger charge is 2.29. The van der Waals surface area contributed by atoms with E-state index in [1.807, 2.05) is 25.1 Å². The lowest BCUT2D eigenvalue weighted by molar-refractivity contribution is -0.117. The van der Waals surface area contributed by atoms with Crippen LogP contribution < -0.4 is 15.4 Å². The van der Waals surface area contributed by atoms with Crippen molar-refractivity contribution in [2.45, 2.75) is 26.4 Å². The molecule has 7 heteroatoms. The van der Waals surface area contributed by atoms with Gasteiger partial charge in [-0.25, -0.2) is 0 Å². The lowest BCUT2D eigenvalue weighted by atomic mass is 10.1. The average molecular weight is 432 g/mol. The zero-order valence-corrected chi connectivity index (χ0v) is 17.8. The van der Waals surface area contributed by atoms with Crippen molar-refractivity contribution in [3.8, 4) is 11.8 Å². The summed E-state index contributed by atoms with van der Waals surface area (Å²) in [5.41, 5.74) is 3.08. The van der Waals surface area contributed by atoms with Gasteiger partial charge in [-0.1, -0.05) is 12.1 Å². The van der Waals surface area contributed by atoms with Crippen molar-refractivity contribution in [1.29, 1.82) is 5.26 Å². The molecule has 0 bridgehead atoms. The molecule has 0 spiro atoms. The van der Waals surface area contributed by atoms with E-state index < -0.39 is 0 Å². The van der Waals surface area contributed by atoms with Gasteiger partial charge < -0.3 is 15.4 Å². The number of nitriles is 1. The fourth-order valence-electron chi connectivity index (χ4n) is 3.04. The quantitative estimate of drug-likeness (QED) is 0.544. The minimum absolute atomic E-state index is 0.0274. The van der Waals surface area contributed by atoms with E-state index >= 15 is 0 Å². The van der Waals surface area contributed by atoms with Crippen LogP contribution in [0.15, 0.2) is 54.6 Å². The van der Waals surface area contributed by atoms with E-state index in [0.29, 0.717) is 33.5 Å². The van der Waals surface area contributed by atoms with E-state index in [-0.39, 0.29) is 17.7 Å². The molecule has 0 saturated heterocycles. The number of hydrogen-bond donors (Lipinski definition) is 2. The van der Waals surface area contributed by atoms with Crippen molar-refractivity contribution in [1.82, 2.24) is 0 Å². The van der Waals surface area contributed by atoms with E-state index in [9.17, 15) is 9.59 Å². The smallest absolute Gasteiger partial charge is 0.265 e. The van der Waals surface area contributed by atoms with E-state index in [4.69, 9.17) is 10.00 Å². The third-order valence-corrected chi connectivity index (χ3v) is 5.93. The fourth-order valence-corrected chi connectivity index (χ4v) is 3.85. The first-order valence-corrected chi connectivity index (χ1v) is 10.8. The predicted octanol–water partition coefficient (Wildman–Crippen LogP) is 5.11. The molecule has 156 valence electrons. The summed E-state index contributed by atoms with van der Waals surface area (Å²) in [6.45, 7) is 2.25. The molecule has 0 radical (unpaired) electrons. The van der Waals surface area contributed by atoms with Gasteiger partial charge in [0.2, 0.25) is 5.91 Å². The maximum absolute atomic E-state index is 12.6. The second-order valence-electron chi connectivity index (χ2n) is 7.46. The highest BCUT2D eigenvalue weighted by Crippen LogP contribution is 2.32. The topological polar surface area (TPSA) is 91.2 Å². The molecule has 1 aliphatic rings. The Morgan fingerprint density at radius 1 is 1.13 bits per heavy atom. The van der Waals surface area contributed by atoms with Gasteiger partial charge in [-0.15, -0.1) is 11.3 Å². The number of ether oxygens (including phenoxy) is 1. The summed E-state index contributed by atoms with van der Waals surface area (Å²) >= 11 is 1.26. The lowest BCUT2D eigenvalue weighted by Gasteiger charge is -2.11. The average Bonchev–Trinajstić information content (AvgIpc) is 3.53. The van der Waals surface area contributed by atoms with Crippen LogP contribution in [-0.4, -0.2) is 11.8 Å². The summed E-state index contributed by atoms with van der Waals surface area (Å²) < 4.78 is 5.82. The molecule has 1 aromatic heterocycles. The standard InChI is InChI=1S/C24H21N3O3S/c1-15-11-19(30-14-17-4-2-3-16(12-17)13-25)7-8-20(15)26-24(29)21-9-10-22(31-21)27-23(28)18-5-6-18/h2-4,7-12,18H,5-6,14H2,1H3,(H,26,29)(H,27,28). The van der Waals surface area contributed by atoms with Crippen molar-refractivity contribution in [2.75, 3.05) is 10.6 Å². The molecule has 0 atom stereocenters. The molecule has 6 nitrogen and oxygen atoms in total. The molecule has 0 aliphatic heterocycles. The number of amides is 2. The molecular weight excluding hydrogens is 410 g/mol. The maximum Gasteiger partial charge on any atom is 0.265 e. The van der Waals surface area contributed by atoms with Crippen LogP contribution in [0.2, 0.25) is 0 Å².